The summed E-state index contributed by atoms with van der Waals surface area (Å²) >= 11 is 1.49. The molecule has 2 aromatic carbocycles. The third-order valence-corrected chi connectivity index (χ3v) is 5.10. The van der Waals surface area contributed by atoms with Gasteiger partial charge in [-0.05, 0) is 24.3 Å². The summed E-state index contributed by atoms with van der Waals surface area (Å²) in [6, 6.07) is 14.9. The van der Waals surface area contributed by atoms with Crippen LogP contribution in [0.5, 0.6) is 5.75 Å². The molecule has 0 aliphatic carbocycles. The molecule has 26 heavy (non-hydrogen) atoms. The fourth-order valence-electron chi connectivity index (χ4n) is 2.86. The van der Waals surface area contributed by atoms with Crippen LogP contribution in [-0.2, 0) is 20.9 Å². The van der Waals surface area contributed by atoms with Crippen LogP contribution in [-0.4, -0.2) is 29.5 Å². The second kappa shape index (κ2) is 6.76. The fraction of sp³-hybridized carbons (Fsp3) is 0.211. The summed E-state index contributed by atoms with van der Waals surface area (Å²) in [7, 11) is 0. The number of fused-ring (bicyclic) bond motifs is 2. The number of ether oxygens (including phenoxy) is 2. The number of rotatable bonds is 3. The predicted molar refractivity (Wildman–Crippen MR) is 98.3 cm³/mol. The largest absolute Gasteiger partial charge is 0.475 e. The van der Waals surface area contributed by atoms with Gasteiger partial charge in [0, 0.05) is 6.92 Å². The standard InChI is InChI=1S/C19H16N2O4S/c1-12(22)21-10-16(25-15-8-4-3-7-14(15)21)19(23)24-11-18-20-13-6-2-5-9-17(13)26-18/h2-9,16H,10-11H2,1H3/t16-/m1/s1. The lowest BCUT2D eigenvalue weighted by Crippen LogP contribution is -2.47. The molecule has 3 aromatic rings. The zero-order valence-corrected chi connectivity index (χ0v) is 14.9. The number of amides is 1. The van der Waals surface area contributed by atoms with E-state index in [1.165, 1.54) is 23.2 Å². The summed E-state index contributed by atoms with van der Waals surface area (Å²) in [5.41, 5.74) is 1.55. The average Bonchev–Trinajstić information content (AvgIpc) is 3.08. The maximum absolute atomic E-state index is 12.5. The van der Waals surface area contributed by atoms with Crippen molar-refractivity contribution in [3.05, 3.63) is 53.5 Å². The van der Waals surface area contributed by atoms with Gasteiger partial charge < -0.3 is 14.4 Å². The highest BCUT2D eigenvalue weighted by Crippen LogP contribution is 2.33. The molecule has 0 fully saturated rings. The van der Waals surface area contributed by atoms with Gasteiger partial charge in [0.2, 0.25) is 12.0 Å². The molecule has 0 unspecified atom stereocenters. The van der Waals surface area contributed by atoms with Crippen molar-refractivity contribution in [2.45, 2.75) is 19.6 Å². The number of benzene rings is 2. The fourth-order valence-corrected chi connectivity index (χ4v) is 3.74. The Kier molecular flexibility index (Phi) is 4.30. The minimum absolute atomic E-state index is 0.0831. The van der Waals surface area contributed by atoms with E-state index in [0.29, 0.717) is 11.4 Å². The molecule has 4 rings (SSSR count). The van der Waals surface area contributed by atoms with Crippen LogP contribution in [0.2, 0.25) is 0 Å². The molecule has 1 amide bonds. The van der Waals surface area contributed by atoms with Gasteiger partial charge in [0.25, 0.3) is 0 Å². The van der Waals surface area contributed by atoms with Crippen molar-refractivity contribution in [1.82, 2.24) is 4.98 Å². The number of para-hydroxylation sites is 3. The Morgan fingerprint density at radius 1 is 1.23 bits per heavy atom. The molecule has 0 radical (unpaired) electrons. The Balaban J connectivity index is 1.47. The highest BCUT2D eigenvalue weighted by molar-refractivity contribution is 7.18. The van der Waals surface area contributed by atoms with E-state index >= 15 is 0 Å². The van der Waals surface area contributed by atoms with Crippen molar-refractivity contribution in [2.24, 2.45) is 0 Å². The topological polar surface area (TPSA) is 68.7 Å². The van der Waals surface area contributed by atoms with Gasteiger partial charge in [-0.2, -0.15) is 0 Å². The summed E-state index contributed by atoms with van der Waals surface area (Å²) in [4.78, 5) is 30.3. The highest BCUT2D eigenvalue weighted by atomic mass is 32.1. The van der Waals surface area contributed by atoms with E-state index in [0.717, 1.165) is 15.2 Å². The lowest BCUT2D eigenvalue weighted by molar-refractivity contribution is -0.153. The van der Waals surface area contributed by atoms with Crippen molar-refractivity contribution >= 4 is 39.1 Å². The molecule has 0 N–H and O–H groups in total. The third kappa shape index (κ3) is 3.13. The van der Waals surface area contributed by atoms with Gasteiger partial charge in [-0.3, -0.25) is 4.79 Å². The number of hydrogen-bond donors (Lipinski definition) is 0. The van der Waals surface area contributed by atoms with E-state index in [1.807, 2.05) is 30.3 Å². The van der Waals surface area contributed by atoms with Gasteiger partial charge >= 0.3 is 5.97 Å². The van der Waals surface area contributed by atoms with Crippen molar-refractivity contribution in [2.75, 3.05) is 11.4 Å². The smallest absolute Gasteiger partial charge is 0.349 e. The maximum Gasteiger partial charge on any atom is 0.349 e. The Morgan fingerprint density at radius 2 is 2.00 bits per heavy atom. The molecule has 1 atom stereocenters. The highest BCUT2D eigenvalue weighted by Gasteiger charge is 2.33. The van der Waals surface area contributed by atoms with Crippen LogP contribution in [0.25, 0.3) is 10.2 Å². The van der Waals surface area contributed by atoms with E-state index in [-0.39, 0.29) is 19.1 Å². The third-order valence-electron chi connectivity index (χ3n) is 4.09. The van der Waals surface area contributed by atoms with E-state index in [4.69, 9.17) is 9.47 Å². The molecular formula is C19H16N2O4S. The van der Waals surface area contributed by atoms with Crippen LogP contribution in [0.1, 0.15) is 11.9 Å². The van der Waals surface area contributed by atoms with Gasteiger partial charge in [-0.25, -0.2) is 9.78 Å². The number of nitrogens with zero attached hydrogens (tertiary/aromatic N) is 2. The Bertz CT molecular complexity index is 951. The van der Waals surface area contributed by atoms with Crippen LogP contribution in [0.3, 0.4) is 0 Å². The first kappa shape index (κ1) is 16.5. The molecule has 0 bridgehead atoms. The molecule has 1 aliphatic rings. The number of aromatic nitrogens is 1. The molecule has 1 aliphatic heterocycles. The molecule has 0 saturated carbocycles. The Labute approximate surface area is 154 Å². The number of carbonyl (C=O) groups excluding carboxylic acids is 2. The zero-order valence-electron chi connectivity index (χ0n) is 14.0. The summed E-state index contributed by atoms with van der Waals surface area (Å²) < 4.78 is 12.2. The van der Waals surface area contributed by atoms with Gasteiger partial charge in [0.15, 0.2) is 0 Å². The van der Waals surface area contributed by atoms with E-state index in [9.17, 15) is 9.59 Å². The minimum Gasteiger partial charge on any atom is -0.475 e. The zero-order chi connectivity index (χ0) is 18.1. The summed E-state index contributed by atoms with van der Waals surface area (Å²) in [5.74, 6) is -0.161. The number of anilines is 1. The number of hydrogen-bond acceptors (Lipinski definition) is 6. The van der Waals surface area contributed by atoms with Crippen molar-refractivity contribution in [1.29, 1.82) is 0 Å². The second-order valence-electron chi connectivity index (χ2n) is 5.89. The van der Waals surface area contributed by atoms with E-state index in [2.05, 4.69) is 4.98 Å². The number of carbonyl (C=O) groups is 2. The first-order valence-corrected chi connectivity index (χ1v) is 8.98. The second-order valence-corrected chi connectivity index (χ2v) is 7.00. The van der Waals surface area contributed by atoms with Crippen molar-refractivity contribution in [3.8, 4) is 5.75 Å². The van der Waals surface area contributed by atoms with Crippen LogP contribution in [0.4, 0.5) is 5.69 Å². The first-order valence-electron chi connectivity index (χ1n) is 8.16. The first-order chi connectivity index (χ1) is 12.6. The summed E-state index contributed by atoms with van der Waals surface area (Å²) in [5, 5.41) is 0.721. The Morgan fingerprint density at radius 3 is 2.81 bits per heavy atom. The van der Waals surface area contributed by atoms with Crippen LogP contribution >= 0.6 is 11.3 Å². The Hall–Kier alpha value is -2.93. The lowest BCUT2D eigenvalue weighted by Gasteiger charge is -2.33. The normalized spacial score (nSPS) is 16.0. The molecule has 0 saturated heterocycles. The van der Waals surface area contributed by atoms with Gasteiger partial charge in [-0.15, -0.1) is 11.3 Å². The predicted octanol–water partition coefficient (Wildman–Crippen LogP) is 3.15. The monoisotopic (exact) mass is 368 g/mol. The summed E-state index contributed by atoms with van der Waals surface area (Å²) in [6.45, 7) is 1.68. The van der Waals surface area contributed by atoms with Crippen molar-refractivity contribution in [3.63, 3.8) is 0 Å². The number of thiazole rings is 1. The minimum atomic E-state index is -0.858. The van der Waals surface area contributed by atoms with Crippen LogP contribution < -0.4 is 9.64 Å². The van der Waals surface area contributed by atoms with E-state index < -0.39 is 12.1 Å². The van der Waals surface area contributed by atoms with Gasteiger partial charge in [-0.1, -0.05) is 24.3 Å². The molecule has 0 spiro atoms. The molecule has 132 valence electrons. The number of esters is 1. The SMILES string of the molecule is CC(=O)N1C[C@H](C(=O)OCc2nc3ccccc3s2)Oc2ccccc21. The van der Waals surface area contributed by atoms with Crippen LogP contribution in [0.15, 0.2) is 48.5 Å². The van der Waals surface area contributed by atoms with Crippen molar-refractivity contribution < 1.29 is 19.1 Å². The van der Waals surface area contributed by atoms with Gasteiger partial charge in [0.1, 0.15) is 17.4 Å². The van der Waals surface area contributed by atoms with Crippen LogP contribution in [0, 0.1) is 0 Å². The molecule has 7 heteroatoms. The quantitative estimate of drug-likeness (QED) is 0.664. The molecule has 2 heterocycles. The van der Waals surface area contributed by atoms with Gasteiger partial charge in [0.05, 0.1) is 22.4 Å². The average molecular weight is 368 g/mol. The van der Waals surface area contributed by atoms with E-state index in [1.54, 1.807) is 18.2 Å². The lowest BCUT2D eigenvalue weighted by atomic mass is 10.2. The molecule has 6 nitrogen and oxygen atoms in total. The summed E-state index contributed by atoms with van der Waals surface area (Å²) in [6.07, 6.45) is -0.858. The maximum atomic E-state index is 12.5. The molecule has 1 aromatic heterocycles. The molecular weight excluding hydrogens is 352 g/mol.